The molecule has 2 N–H and O–H groups in total. The summed E-state index contributed by atoms with van der Waals surface area (Å²) in [6.07, 6.45) is 2.59. The van der Waals surface area contributed by atoms with Gasteiger partial charge in [0.25, 0.3) is 0 Å². The number of rotatable bonds is 2. The summed E-state index contributed by atoms with van der Waals surface area (Å²) in [5, 5.41) is 1.35. The number of anilines is 2. The Morgan fingerprint density at radius 1 is 1.41 bits per heavy atom. The van der Waals surface area contributed by atoms with E-state index in [1.165, 1.54) is 29.2 Å². The monoisotopic (exact) mass is 269 g/mol. The van der Waals surface area contributed by atoms with Crippen LogP contribution in [0.4, 0.5) is 10.8 Å². The van der Waals surface area contributed by atoms with Gasteiger partial charge in [0.05, 0.1) is 0 Å². The highest BCUT2D eigenvalue weighted by Gasteiger charge is 2.35. The van der Waals surface area contributed by atoms with Crippen molar-refractivity contribution >= 4 is 34.1 Å². The third-order valence-electron chi connectivity index (χ3n) is 3.44. The molecule has 1 aromatic rings. The molecule has 0 aromatic carbocycles. The molecule has 94 valence electrons. The minimum atomic E-state index is 0.345. The van der Waals surface area contributed by atoms with Crippen molar-refractivity contribution in [2.75, 3.05) is 29.5 Å². The highest BCUT2D eigenvalue weighted by atomic mass is 32.2. The number of thioether (sulfide) groups is 1. The van der Waals surface area contributed by atoms with E-state index in [-0.39, 0.29) is 0 Å². The van der Waals surface area contributed by atoms with Gasteiger partial charge in [-0.2, -0.15) is 16.1 Å². The maximum absolute atomic E-state index is 6.02. The molecule has 5 heteroatoms. The molecule has 1 saturated carbocycles. The van der Waals surface area contributed by atoms with Crippen molar-refractivity contribution in [3.05, 3.63) is 5.56 Å². The molecule has 1 aliphatic heterocycles. The molecule has 0 amide bonds. The number of aromatic nitrogens is 1. The maximum atomic E-state index is 6.02. The number of hydrogen-bond acceptors (Lipinski definition) is 5. The molecular formula is C12H19N3S2. The lowest BCUT2D eigenvalue weighted by molar-refractivity contribution is 0.649. The molecule has 0 bridgehead atoms. The summed E-state index contributed by atoms with van der Waals surface area (Å²) in [5.41, 5.74) is 7.37. The van der Waals surface area contributed by atoms with E-state index >= 15 is 0 Å². The largest absolute Gasteiger partial charge is 0.383 e. The Hall–Kier alpha value is -0.420. The molecular weight excluding hydrogens is 250 g/mol. The van der Waals surface area contributed by atoms with Crippen LogP contribution in [0.25, 0.3) is 0 Å². The molecule has 0 atom stereocenters. The molecule has 2 fully saturated rings. The van der Waals surface area contributed by atoms with Crippen LogP contribution in [-0.2, 0) is 0 Å². The zero-order valence-electron chi connectivity index (χ0n) is 10.4. The molecule has 1 aromatic heterocycles. The third kappa shape index (κ3) is 2.27. The fraction of sp³-hybridized carbons (Fsp3) is 0.750. The summed E-state index contributed by atoms with van der Waals surface area (Å²) >= 11 is 3.66. The summed E-state index contributed by atoms with van der Waals surface area (Å²) in [5.74, 6) is 2.68. The first-order chi connectivity index (χ1) is 8.07. The lowest BCUT2D eigenvalue weighted by Crippen LogP contribution is -2.43. The van der Waals surface area contributed by atoms with E-state index in [2.05, 4.69) is 34.9 Å². The molecule has 1 saturated heterocycles. The molecule has 3 nitrogen and oxygen atoms in total. The van der Waals surface area contributed by atoms with Crippen molar-refractivity contribution in [2.45, 2.75) is 37.4 Å². The van der Waals surface area contributed by atoms with Crippen LogP contribution in [0.15, 0.2) is 0 Å². The maximum Gasteiger partial charge on any atom is 0.142 e. The van der Waals surface area contributed by atoms with E-state index in [4.69, 9.17) is 5.73 Å². The highest BCUT2D eigenvalue weighted by molar-refractivity contribution is 8.00. The van der Waals surface area contributed by atoms with Gasteiger partial charge in [-0.25, -0.2) is 0 Å². The molecule has 0 spiro atoms. The van der Waals surface area contributed by atoms with Gasteiger partial charge in [0.15, 0.2) is 0 Å². The van der Waals surface area contributed by atoms with Crippen molar-refractivity contribution in [2.24, 2.45) is 0 Å². The minimum absolute atomic E-state index is 0.345. The Labute approximate surface area is 111 Å². The first-order valence-corrected chi connectivity index (χ1v) is 7.97. The Morgan fingerprint density at radius 2 is 2.18 bits per heavy atom. The molecule has 1 aliphatic carbocycles. The molecule has 2 heterocycles. The van der Waals surface area contributed by atoms with Crippen molar-refractivity contribution in [1.82, 2.24) is 4.37 Å². The van der Waals surface area contributed by atoms with Crippen LogP contribution >= 0.6 is 23.3 Å². The third-order valence-corrected chi connectivity index (χ3v) is 5.67. The lowest BCUT2D eigenvalue weighted by atomic mass is 10.1. The fourth-order valence-electron chi connectivity index (χ4n) is 2.47. The van der Waals surface area contributed by atoms with Crippen LogP contribution in [0.5, 0.6) is 0 Å². The average Bonchev–Trinajstić information content (AvgIpc) is 3.01. The second-order valence-electron chi connectivity index (χ2n) is 5.59. The van der Waals surface area contributed by atoms with E-state index < -0.39 is 0 Å². The van der Waals surface area contributed by atoms with Gasteiger partial charge in [-0.3, -0.25) is 0 Å². The van der Waals surface area contributed by atoms with Crippen LogP contribution in [-0.4, -0.2) is 28.0 Å². The normalized spacial score (nSPS) is 24.0. The van der Waals surface area contributed by atoms with Gasteiger partial charge in [-0.05, 0) is 44.1 Å². The van der Waals surface area contributed by atoms with Crippen molar-refractivity contribution in [3.63, 3.8) is 0 Å². The average molecular weight is 269 g/mol. The quantitative estimate of drug-likeness (QED) is 0.896. The Kier molecular flexibility index (Phi) is 2.78. The van der Waals surface area contributed by atoms with Crippen molar-refractivity contribution in [3.8, 4) is 0 Å². The molecule has 2 aliphatic rings. The summed E-state index contributed by atoms with van der Waals surface area (Å²) in [7, 11) is 0. The van der Waals surface area contributed by atoms with E-state index in [0.29, 0.717) is 10.7 Å². The van der Waals surface area contributed by atoms with Crippen LogP contribution in [0, 0.1) is 0 Å². The van der Waals surface area contributed by atoms with Gasteiger partial charge in [-0.15, -0.1) is 0 Å². The van der Waals surface area contributed by atoms with Gasteiger partial charge in [0, 0.05) is 29.2 Å². The summed E-state index contributed by atoms with van der Waals surface area (Å²) in [6.45, 7) is 6.89. The van der Waals surface area contributed by atoms with Gasteiger partial charge < -0.3 is 10.6 Å². The van der Waals surface area contributed by atoms with E-state index in [1.54, 1.807) is 11.5 Å². The number of nitrogen functional groups attached to an aromatic ring is 1. The Bertz CT molecular complexity index is 423. The smallest absolute Gasteiger partial charge is 0.142 e. The second-order valence-corrected chi connectivity index (χ2v) is 8.14. The molecule has 3 rings (SSSR count). The van der Waals surface area contributed by atoms with Gasteiger partial charge in [0.1, 0.15) is 10.8 Å². The summed E-state index contributed by atoms with van der Waals surface area (Å²) in [4.78, 5) is 2.50. The van der Waals surface area contributed by atoms with Gasteiger partial charge in [0.2, 0.25) is 0 Å². The predicted octanol–water partition coefficient (Wildman–Crippen LogP) is 2.93. The number of nitrogens with two attached hydrogens (primary N) is 1. The van der Waals surface area contributed by atoms with Crippen LogP contribution in [0.2, 0.25) is 0 Å². The summed E-state index contributed by atoms with van der Waals surface area (Å²) in [6, 6.07) is 0. The van der Waals surface area contributed by atoms with Gasteiger partial charge >= 0.3 is 0 Å². The number of hydrogen-bond donors (Lipinski definition) is 1. The highest BCUT2D eigenvalue weighted by Crippen LogP contribution is 2.49. The van der Waals surface area contributed by atoms with Crippen LogP contribution < -0.4 is 10.6 Å². The second kappa shape index (κ2) is 4.05. The Balaban J connectivity index is 1.88. The van der Waals surface area contributed by atoms with Crippen molar-refractivity contribution in [1.29, 1.82) is 0 Å². The van der Waals surface area contributed by atoms with E-state index in [0.717, 1.165) is 18.9 Å². The number of nitrogens with zero attached hydrogens (tertiary/aromatic N) is 2. The molecule has 0 radical (unpaired) electrons. The molecule has 0 unspecified atom stereocenters. The zero-order valence-corrected chi connectivity index (χ0v) is 12.0. The minimum Gasteiger partial charge on any atom is -0.383 e. The van der Waals surface area contributed by atoms with Gasteiger partial charge in [-0.1, -0.05) is 0 Å². The predicted molar refractivity (Wildman–Crippen MR) is 77.3 cm³/mol. The fourth-order valence-corrected chi connectivity index (χ4v) is 4.51. The zero-order chi connectivity index (χ0) is 12.0. The standard InChI is InChI=1S/C12H19N3S2/c1-12(2)7-15(5-6-16-12)11-9(8-3-4-8)10(13)14-17-11/h8H,3-7H2,1-2H3,(H2,13,14). The van der Waals surface area contributed by atoms with E-state index in [1.807, 2.05) is 0 Å². The van der Waals surface area contributed by atoms with Crippen LogP contribution in [0.3, 0.4) is 0 Å². The molecule has 17 heavy (non-hydrogen) atoms. The van der Waals surface area contributed by atoms with E-state index in [9.17, 15) is 0 Å². The first kappa shape index (κ1) is 11.7. The lowest BCUT2D eigenvalue weighted by Gasteiger charge is -2.38. The Morgan fingerprint density at radius 3 is 2.82 bits per heavy atom. The SMILES string of the molecule is CC1(C)CN(c2snc(N)c2C2CC2)CCS1. The summed E-state index contributed by atoms with van der Waals surface area (Å²) < 4.78 is 4.72. The van der Waals surface area contributed by atoms with Crippen molar-refractivity contribution < 1.29 is 0 Å². The van der Waals surface area contributed by atoms with Crippen LogP contribution in [0.1, 0.15) is 38.2 Å². The topological polar surface area (TPSA) is 42.2 Å². The first-order valence-electron chi connectivity index (χ1n) is 6.21.